The Hall–Kier alpha value is -1.16. The van der Waals surface area contributed by atoms with E-state index in [1.54, 1.807) is 6.33 Å². The molecule has 0 amide bonds. The SMILES string of the molecule is CCc1cc(NC2CCN3CCCC3C2)ncn1. The molecule has 1 aromatic heterocycles. The van der Waals surface area contributed by atoms with Crippen LogP contribution in [0.5, 0.6) is 0 Å². The lowest BCUT2D eigenvalue weighted by Crippen LogP contribution is -2.42. The molecule has 2 aliphatic rings. The minimum absolute atomic E-state index is 0.587. The minimum atomic E-state index is 0.587. The third kappa shape index (κ3) is 2.48. The van der Waals surface area contributed by atoms with Gasteiger partial charge in [0, 0.05) is 30.4 Å². The Morgan fingerprint density at radius 2 is 2.28 bits per heavy atom. The van der Waals surface area contributed by atoms with E-state index in [1.165, 1.54) is 38.8 Å². The number of aromatic nitrogens is 2. The van der Waals surface area contributed by atoms with Crippen LogP contribution in [0.1, 0.15) is 38.3 Å². The maximum Gasteiger partial charge on any atom is 0.129 e. The van der Waals surface area contributed by atoms with Gasteiger partial charge in [-0.05, 0) is 38.6 Å². The van der Waals surface area contributed by atoms with Crippen molar-refractivity contribution in [3.63, 3.8) is 0 Å². The van der Waals surface area contributed by atoms with Crippen LogP contribution >= 0.6 is 0 Å². The van der Waals surface area contributed by atoms with Crippen LogP contribution in [-0.2, 0) is 6.42 Å². The van der Waals surface area contributed by atoms with Gasteiger partial charge in [0.15, 0.2) is 0 Å². The van der Waals surface area contributed by atoms with Crippen LogP contribution in [0.3, 0.4) is 0 Å². The van der Waals surface area contributed by atoms with Crippen molar-refractivity contribution in [2.45, 2.75) is 51.1 Å². The summed E-state index contributed by atoms with van der Waals surface area (Å²) in [5.41, 5.74) is 1.12. The fourth-order valence-corrected chi connectivity index (χ4v) is 3.23. The molecule has 2 saturated heterocycles. The molecular weight excluding hydrogens is 224 g/mol. The number of hydrogen-bond donors (Lipinski definition) is 1. The zero-order chi connectivity index (χ0) is 12.4. The van der Waals surface area contributed by atoms with E-state index in [-0.39, 0.29) is 0 Å². The van der Waals surface area contributed by atoms with Crippen molar-refractivity contribution in [3.8, 4) is 0 Å². The van der Waals surface area contributed by atoms with Gasteiger partial charge in [0.25, 0.3) is 0 Å². The van der Waals surface area contributed by atoms with Gasteiger partial charge in [0.1, 0.15) is 12.1 Å². The second-order valence-electron chi connectivity index (χ2n) is 5.45. The first-order valence-corrected chi connectivity index (χ1v) is 7.16. The van der Waals surface area contributed by atoms with Crippen molar-refractivity contribution < 1.29 is 0 Å². The minimum Gasteiger partial charge on any atom is -0.367 e. The summed E-state index contributed by atoms with van der Waals surface area (Å²) in [6, 6.07) is 3.48. The highest BCUT2D eigenvalue weighted by atomic mass is 15.2. The summed E-state index contributed by atoms with van der Waals surface area (Å²) < 4.78 is 0. The Morgan fingerprint density at radius 1 is 1.33 bits per heavy atom. The molecule has 0 bridgehead atoms. The predicted octanol–water partition coefficient (Wildman–Crippen LogP) is 2.08. The third-order valence-corrected chi connectivity index (χ3v) is 4.26. The Morgan fingerprint density at radius 3 is 3.17 bits per heavy atom. The highest BCUT2D eigenvalue weighted by Crippen LogP contribution is 2.28. The summed E-state index contributed by atoms with van der Waals surface area (Å²) in [5, 5.41) is 3.59. The van der Waals surface area contributed by atoms with E-state index in [0.29, 0.717) is 6.04 Å². The Balaban J connectivity index is 1.62. The Labute approximate surface area is 109 Å². The molecule has 0 radical (unpaired) electrons. The lowest BCUT2D eigenvalue weighted by molar-refractivity contribution is 0.188. The third-order valence-electron chi connectivity index (χ3n) is 4.26. The first-order chi connectivity index (χ1) is 8.85. The van der Waals surface area contributed by atoms with Crippen LogP contribution in [0.25, 0.3) is 0 Å². The van der Waals surface area contributed by atoms with Crippen LogP contribution < -0.4 is 5.32 Å². The van der Waals surface area contributed by atoms with Crippen molar-refractivity contribution in [1.82, 2.24) is 14.9 Å². The lowest BCUT2D eigenvalue weighted by Gasteiger charge is -2.35. The summed E-state index contributed by atoms with van der Waals surface area (Å²) in [6.45, 7) is 4.68. The molecule has 1 N–H and O–H groups in total. The molecule has 0 saturated carbocycles. The second kappa shape index (κ2) is 5.22. The van der Waals surface area contributed by atoms with E-state index >= 15 is 0 Å². The topological polar surface area (TPSA) is 41.0 Å². The fourth-order valence-electron chi connectivity index (χ4n) is 3.23. The predicted molar refractivity (Wildman–Crippen MR) is 72.6 cm³/mol. The molecule has 2 aliphatic heterocycles. The number of anilines is 1. The summed E-state index contributed by atoms with van der Waals surface area (Å²) in [6.07, 6.45) is 7.91. The monoisotopic (exact) mass is 246 g/mol. The molecule has 0 aliphatic carbocycles. The van der Waals surface area contributed by atoms with Gasteiger partial charge >= 0.3 is 0 Å². The van der Waals surface area contributed by atoms with Gasteiger partial charge in [0.2, 0.25) is 0 Å². The highest BCUT2D eigenvalue weighted by Gasteiger charge is 2.31. The van der Waals surface area contributed by atoms with Crippen molar-refractivity contribution in [1.29, 1.82) is 0 Å². The standard InChI is InChI=1S/C14H22N4/c1-2-11-9-14(16-10-15-11)17-12-5-7-18-6-3-4-13(18)8-12/h9-10,12-13H,2-8H2,1H3,(H,15,16,17). The zero-order valence-corrected chi connectivity index (χ0v) is 11.1. The van der Waals surface area contributed by atoms with Crippen LogP contribution in [0.15, 0.2) is 12.4 Å². The van der Waals surface area contributed by atoms with Crippen molar-refractivity contribution in [3.05, 3.63) is 18.1 Å². The molecule has 3 heterocycles. The Kier molecular flexibility index (Phi) is 3.46. The fraction of sp³-hybridized carbons (Fsp3) is 0.714. The van der Waals surface area contributed by atoms with Crippen molar-refractivity contribution in [2.75, 3.05) is 18.4 Å². The summed E-state index contributed by atoms with van der Waals surface area (Å²) in [4.78, 5) is 11.2. The van der Waals surface area contributed by atoms with Crippen LogP contribution in [0.2, 0.25) is 0 Å². The van der Waals surface area contributed by atoms with E-state index in [4.69, 9.17) is 0 Å². The maximum absolute atomic E-state index is 4.33. The van der Waals surface area contributed by atoms with E-state index in [1.807, 2.05) is 0 Å². The van der Waals surface area contributed by atoms with Gasteiger partial charge in [0.05, 0.1) is 0 Å². The largest absolute Gasteiger partial charge is 0.367 e. The van der Waals surface area contributed by atoms with Gasteiger partial charge in [-0.2, -0.15) is 0 Å². The molecule has 4 heteroatoms. The average Bonchev–Trinajstić information content (AvgIpc) is 2.86. The molecule has 98 valence electrons. The van der Waals surface area contributed by atoms with E-state index in [0.717, 1.165) is 24.0 Å². The number of aryl methyl sites for hydroxylation is 1. The van der Waals surface area contributed by atoms with Gasteiger partial charge in [-0.15, -0.1) is 0 Å². The average molecular weight is 246 g/mol. The maximum atomic E-state index is 4.33. The normalized spacial score (nSPS) is 28.1. The van der Waals surface area contributed by atoms with Crippen LogP contribution in [-0.4, -0.2) is 40.0 Å². The van der Waals surface area contributed by atoms with Gasteiger partial charge in [-0.1, -0.05) is 6.92 Å². The highest BCUT2D eigenvalue weighted by molar-refractivity contribution is 5.36. The van der Waals surface area contributed by atoms with E-state index in [2.05, 4.69) is 33.2 Å². The molecule has 2 atom stereocenters. The number of nitrogens with one attached hydrogen (secondary N) is 1. The van der Waals surface area contributed by atoms with Gasteiger partial charge < -0.3 is 10.2 Å². The lowest BCUT2D eigenvalue weighted by atomic mass is 9.97. The van der Waals surface area contributed by atoms with Crippen molar-refractivity contribution >= 4 is 5.82 Å². The number of hydrogen-bond acceptors (Lipinski definition) is 4. The molecule has 0 aromatic carbocycles. The van der Waals surface area contributed by atoms with Gasteiger partial charge in [-0.25, -0.2) is 9.97 Å². The molecule has 4 nitrogen and oxygen atoms in total. The molecule has 1 aromatic rings. The zero-order valence-electron chi connectivity index (χ0n) is 11.1. The first-order valence-electron chi connectivity index (χ1n) is 7.16. The smallest absolute Gasteiger partial charge is 0.129 e. The number of fused-ring (bicyclic) bond motifs is 1. The molecule has 0 spiro atoms. The molecular formula is C14H22N4. The molecule has 3 rings (SSSR count). The number of piperidine rings is 1. The quantitative estimate of drug-likeness (QED) is 0.886. The van der Waals surface area contributed by atoms with Crippen LogP contribution in [0, 0.1) is 0 Å². The van der Waals surface area contributed by atoms with Crippen molar-refractivity contribution in [2.24, 2.45) is 0 Å². The summed E-state index contributed by atoms with van der Waals surface area (Å²) in [7, 11) is 0. The Bertz CT molecular complexity index is 407. The first kappa shape index (κ1) is 11.9. The molecule has 18 heavy (non-hydrogen) atoms. The van der Waals surface area contributed by atoms with Gasteiger partial charge in [-0.3, -0.25) is 0 Å². The molecule has 2 fully saturated rings. The second-order valence-corrected chi connectivity index (χ2v) is 5.45. The van der Waals surface area contributed by atoms with Crippen LogP contribution in [0.4, 0.5) is 5.82 Å². The number of rotatable bonds is 3. The number of nitrogens with zero attached hydrogens (tertiary/aromatic N) is 3. The van der Waals surface area contributed by atoms with E-state index in [9.17, 15) is 0 Å². The summed E-state index contributed by atoms with van der Waals surface area (Å²) >= 11 is 0. The summed E-state index contributed by atoms with van der Waals surface area (Å²) in [5.74, 6) is 0.998. The van der Waals surface area contributed by atoms with E-state index < -0.39 is 0 Å². The molecule has 2 unspecified atom stereocenters.